The summed E-state index contributed by atoms with van der Waals surface area (Å²) in [6, 6.07) is 11.7. The molecule has 1 atom stereocenters. The number of piperazine rings is 2. The minimum Gasteiger partial charge on any atom is -0.472 e. The molecule has 1 aromatic heterocycles. The van der Waals surface area contributed by atoms with Crippen LogP contribution in [0, 0.1) is 11.6 Å². The van der Waals surface area contributed by atoms with Crippen molar-refractivity contribution >= 4 is 29.7 Å². The van der Waals surface area contributed by atoms with Gasteiger partial charge >= 0.3 is 12.2 Å². The molecular formula is C41H50F2N6O7. The summed E-state index contributed by atoms with van der Waals surface area (Å²) in [6.07, 6.45) is 0.798. The van der Waals surface area contributed by atoms with Gasteiger partial charge in [-0.1, -0.05) is 12.1 Å². The van der Waals surface area contributed by atoms with Crippen LogP contribution in [-0.2, 0) is 9.47 Å². The monoisotopic (exact) mass is 776 g/mol. The second-order valence-electron chi connectivity index (χ2n) is 16.3. The molecule has 4 amide bonds. The van der Waals surface area contributed by atoms with Gasteiger partial charge in [0.2, 0.25) is 5.88 Å². The molecule has 3 fully saturated rings. The first-order chi connectivity index (χ1) is 26.4. The second-order valence-corrected chi connectivity index (χ2v) is 16.3. The topological polar surface area (TPSA) is 125 Å². The van der Waals surface area contributed by atoms with E-state index in [1.807, 2.05) is 25.7 Å². The van der Waals surface area contributed by atoms with Gasteiger partial charge in [0.1, 0.15) is 28.9 Å². The zero-order valence-corrected chi connectivity index (χ0v) is 32.8. The number of rotatable bonds is 6. The van der Waals surface area contributed by atoms with Crippen molar-refractivity contribution in [1.29, 1.82) is 0 Å². The maximum atomic E-state index is 14.9. The van der Waals surface area contributed by atoms with E-state index in [2.05, 4.69) is 4.98 Å². The number of likely N-dealkylation sites (tertiary alicyclic amines) is 1. The molecule has 3 saturated heterocycles. The first-order valence-corrected chi connectivity index (χ1v) is 18.9. The molecular weight excluding hydrogens is 726 g/mol. The lowest BCUT2D eigenvalue weighted by molar-refractivity contribution is 0.0238. The number of carbonyl (C=O) groups is 4. The van der Waals surface area contributed by atoms with Gasteiger partial charge in [-0.15, -0.1) is 0 Å². The van der Waals surface area contributed by atoms with Gasteiger partial charge in [-0.3, -0.25) is 9.59 Å². The molecule has 3 aliphatic heterocycles. The Labute approximate surface area is 326 Å². The van der Waals surface area contributed by atoms with Gasteiger partial charge < -0.3 is 38.7 Å². The van der Waals surface area contributed by atoms with E-state index in [1.165, 1.54) is 30.5 Å². The van der Waals surface area contributed by atoms with Crippen molar-refractivity contribution in [2.24, 2.45) is 0 Å². The van der Waals surface area contributed by atoms with Gasteiger partial charge in [-0.2, -0.15) is 0 Å². The van der Waals surface area contributed by atoms with E-state index in [1.54, 1.807) is 64.6 Å². The Morgan fingerprint density at radius 1 is 0.643 bits per heavy atom. The highest BCUT2D eigenvalue weighted by Gasteiger charge is 2.33. The summed E-state index contributed by atoms with van der Waals surface area (Å²) in [4.78, 5) is 65.5. The van der Waals surface area contributed by atoms with Gasteiger partial charge in [0.25, 0.3) is 11.8 Å². The molecule has 2 aromatic carbocycles. The number of ether oxygens (including phenoxy) is 3. The third kappa shape index (κ3) is 10.0. The molecule has 0 aliphatic carbocycles. The Bertz CT molecular complexity index is 1930. The zero-order valence-electron chi connectivity index (χ0n) is 32.8. The smallest absolute Gasteiger partial charge is 0.410 e. The van der Waals surface area contributed by atoms with Crippen LogP contribution in [0.4, 0.5) is 24.1 Å². The minimum absolute atomic E-state index is 0.203. The Morgan fingerprint density at radius 2 is 1.20 bits per heavy atom. The van der Waals surface area contributed by atoms with Crippen molar-refractivity contribution in [3.05, 3.63) is 77.5 Å². The van der Waals surface area contributed by atoms with Crippen LogP contribution >= 0.6 is 0 Å². The third-order valence-electron chi connectivity index (χ3n) is 9.61. The van der Waals surface area contributed by atoms with Gasteiger partial charge in [0.05, 0.1) is 12.1 Å². The molecule has 0 spiro atoms. The molecule has 0 unspecified atom stereocenters. The lowest BCUT2D eigenvalue weighted by Crippen LogP contribution is -2.51. The average Bonchev–Trinajstić information content (AvgIpc) is 3.62. The molecule has 4 heterocycles. The van der Waals surface area contributed by atoms with Crippen LogP contribution < -0.4 is 9.64 Å². The number of nitrogens with zero attached hydrogens (tertiary/aromatic N) is 6. The van der Waals surface area contributed by atoms with E-state index in [0.717, 1.165) is 0 Å². The summed E-state index contributed by atoms with van der Waals surface area (Å²) < 4.78 is 46.0. The van der Waals surface area contributed by atoms with Crippen LogP contribution in [0.3, 0.4) is 0 Å². The number of benzene rings is 2. The van der Waals surface area contributed by atoms with Crippen molar-refractivity contribution < 1.29 is 42.2 Å². The maximum Gasteiger partial charge on any atom is 0.410 e. The van der Waals surface area contributed by atoms with E-state index in [9.17, 15) is 28.0 Å². The fourth-order valence-electron chi connectivity index (χ4n) is 6.81. The number of aromatic nitrogens is 1. The third-order valence-corrected chi connectivity index (χ3v) is 9.61. The highest BCUT2D eigenvalue weighted by Crippen LogP contribution is 2.32. The Morgan fingerprint density at radius 3 is 1.79 bits per heavy atom. The quantitative estimate of drug-likeness (QED) is 0.294. The number of anilines is 1. The van der Waals surface area contributed by atoms with Gasteiger partial charge in [0.15, 0.2) is 0 Å². The van der Waals surface area contributed by atoms with Gasteiger partial charge in [0, 0.05) is 88.3 Å². The molecule has 0 saturated carbocycles. The number of pyridine rings is 1. The Balaban J connectivity index is 1.09. The lowest BCUT2D eigenvalue weighted by atomic mass is 10.0. The van der Waals surface area contributed by atoms with Crippen molar-refractivity contribution in [1.82, 2.24) is 24.6 Å². The summed E-state index contributed by atoms with van der Waals surface area (Å²) in [5, 5.41) is 0. The van der Waals surface area contributed by atoms with Crippen LogP contribution in [0.2, 0.25) is 0 Å². The highest BCUT2D eigenvalue weighted by molar-refractivity contribution is 5.97. The predicted octanol–water partition coefficient (Wildman–Crippen LogP) is 6.07. The van der Waals surface area contributed by atoms with Crippen molar-refractivity contribution in [2.75, 3.05) is 70.3 Å². The molecule has 13 nitrogen and oxygen atoms in total. The SMILES string of the molecule is CC(C)(C)OC(=O)N1CCN(c2cc(F)cc(C(=O)N3CCN(C(=O)c4cnc(O[C@H]5CCN(C(=O)OC(C)(C)C)C5)c(-c5ccc(F)cc5)c4)CC3)c2)CC1. The number of amides is 4. The van der Waals surface area contributed by atoms with E-state index >= 15 is 0 Å². The Kier molecular flexibility index (Phi) is 11.7. The molecule has 6 rings (SSSR count). The summed E-state index contributed by atoms with van der Waals surface area (Å²) in [5.74, 6) is -1.35. The minimum atomic E-state index is -0.631. The van der Waals surface area contributed by atoms with Crippen molar-refractivity contribution in [2.45, 2.75) is 65.3 Å². The molecule has 15 heteroatoms. The van der Waals surface area contributed by atoms with E-state index < -0.39 is 35.0 Å². The molecule has 0 radical (unpaired) electrons. The summed E-state index contributed by atoms with van der Waals surface area (Å²) >= 11 is 0. The molecule has 56 heavy (non-hydrogen) atoms. The summed E-state index contributed by atoms with van der Waals surface area (Å²) in [5.41, 5.74) is 0.899. The van der Waals surface area contributed by atoms with Crippen molar-refractivity contribution in [3.63, 3.8) is 0 Å². The van der Waals surface area contributed by atoms with Crippen LogP contribution in [0.5, 0.6) is 5.88 Å². The zero-order chi connectivity index (χ0) is 40.4. The highest BCUT2D eigenvalue weighted by atomic mass is 19.1. The number of carbonyl (C=O) groups excluding carboxylic acids is 4. The molecule has 300 valence electrons. The van der Waals surface area contributed by atoms with Crippen LogP contribution in [-0.4, -0.2) is 131 Å². The molecule has 0 bridgehead atoms. The van der Waals surface area contributed by atoms with E-state index in [0.29, 0.717) is 68.1 Å². The molecule has 3 aliphatic rings. The lowest BCUT2D eigenvalue weighted by Gasteiger charge is -2.37. The molecule has 3 aromatic rings. The number of hydrogen-bond acceptors (Lipinski definition) is 9. The standard InChI is InChI=1S/C41H50F2N6O7/c1-40(2,3)55-38(52)48-19-13-45(14-20-48)32-22-28(21-31(43)24-32)36(50)46-15-17-47(18-16-46)37(51)29-23-34(27-7-9-30(42)10-8-27)35(44-25-29)54-33-11-12-49(26-33)39(53)56-41(4,5)6/h7-10,21-25,33H,11-20,26H2,1-6H3/t33-/m0/s1. The second kappa shape index (κ2) is 16.3. The fraction of sp³-hybridized carbons (Fsp3) is 0.488. The number of halogens is 2. The van der Waals surface area contributed by atoms with E-state index in [4.69, 9.17) is 14.2 Å². The summed E-state index contributed by atoms with van der Waals surface area (Å²) in [6.45, 7) is 14.3. The van der Waals surface area contributed by atoms with Crippen LogP contribution in [0.1, 0.15) is 68.7 Å². The van der Waals surface area contributed by atoms with Crippen LogP contribution in [0.25, 0.3) is 11.1 Å². The molecule has 0 N–H and O–H groups in total. The van der Waals surface area contributed by atoms with Gasteiger partial charge in [-0.25, -0.2) is 23.4 Å². The van der Waals surface area contributed by atoms with Gasteiger partial charge in [-0.05, 0) is 83.5 Å². The Hall–Kier alpha value is -5.47. The first-order valence-electron chi connectivity index (χ1n) is 18.9. The first kappa shape index (κ1) is 40.2. The summed E-state index contributed by atoms with van der Waals surface area (Å²) in [7, 11) is 0. The van der Waals surface area contributed by atoms with Crippen molar-refractivity contribution in [3.8, 4) is 17.0 Å². The van der Waals surface area contributed by atoms with Crippen LogP contribution in [0.15, 0.2) is 54.7 Å². The normalized spacial score (nSPS) is 17.9. The average molecular weight is 777 g/mol. The predicted molar refractivity (Wildman–Crippen MR) is 205 cm³/mol. The fourth-order valence-corrected chi connectivity index (χ4v) is 6.81. The number of hydrogen-bond donors (Lipinski definition) is 0. The van der Waals surface area contributed by atoms with E-state index in [-0.39, 0.29) is 55.5 Å². The largest absolute Gasteiger partial charge is 0.472 e. The maximum absolute atomic E-state index is 14.9.